The molecule has 1 aliphatic heterocycles. The van der Waals surface area contributed by atoms with Crippen LogP contribution >= 0.6 is 0 Å². The van der Waals surface area contributed by atoms with Gasteiger partial charge in [-0.05, 0) is 32.9 Å². The molecular formula is C13H28N2O. The Bertz CT molecular complexity index is 162. The van der Waals surface area contributed by atoms with Crippen LogP contribution in [0.2, 0.25) is 0 Å². The van der Waals surface area contributed by atoms with Gasteiger partial charge in [0.1, 0.15) is 0 Å². The van der Waals surface area contributed by atoms with Crippen molar-refractivity contribution in [2.75, 3.05) is 39.9 Å². The van der Waals surface area contributed by atoms with Crippen LogP contribution in [0.1, 0.15) is 39.0 Å². The summed E-state index contributed by atoms with van der Waals surface area (Å²) in [5.74, 6) is 0. The molecule has 0 saturated carbocycles. The van der Waals surface area contributed by atoms with Crippen LogP contribution in [0.15, 0.2) is 0 Å². The van der Waals surface area contributed by atoms with E-state index in [1.807, 2.05) is 7.05 Å². The Morgan fingerprint density at radius 1 is 1.31 bits per heavy atom. The molecule has 0 radical (unpaired) electrons. The normalized spacial score (nSPS) is 22.5. The van der Waals surface area contributed by atoms with Crippen molar-refractivity contribution < 1.29 is 4.74 Å². The number of ether oxygens (including phenoxy) is 1. The fraction of sp³-hybridized carbons (Fsp3) is 1.00. The second kappa shape index (κ2) is 8.97. The van der Waals surface area contributed by atoms with Crippen LogP contribution in [0.3, 0.4) is 0 Å². The lowest BCUT2D eigenvalue weighted by atomic mass is 10.0. The maximum Gasteiger partial charge on any atom is 0.0593 e. The van der Waals surface area contributed by atoms with E-state index >= 15 is 0 Å². The van der Waals surface area contributed by atoms with Gasteiger partial charge in [0.05, 0.1) is 6.61 Å². The second-order valence-electron chi connectivity index (χ2n) is 4.71. The zero-order valence-corrected chi connectivity index (χ0v) is 11.0. The van der Waals surface area contributed by atoms with Gasteiger partial charge in [-0.3, -0.25) is 4.90 Å². The van der Waals surface area contributed by atoms with Crippen LogP contribution in [-0.2, 0) is 4.74 Å². The van der Waals surface area contributed by atoms with Gasteiger partial charge in [-0.15, -0.1) is 0 Å². The number of rotatable bonds is 8. The summed E-state index contributed by atoms with van der Waals surface area (Å²) >= 11 is 0. The quantitative estimate of drug-likeness (QED) is 0.642. The molecule has 1 unspecified atom stereocenters. The molecule has 96 valence electrons. The minimum atomic E-state index is 0.730. The van der Waals surface area contributed by atoms with E-state index in [-0.39, 0.29) is 0 Å². The third-order valence-corrected chi connectivity index (χ3v) is 3.35. The maximum atomic E-state index is 5.64. The highest BCUT2D eigenvalue weighted by molar-refractivity contribution is 4.77. The molecule has 0 aromatic carbocycles. The van der Waals surface area contributed by atoms with Gasteiger partial charge in [0.25, 0.3) is 0 Å². The van der Waals surface area contributed by atoms with Gasteiger partial charge in [-0.1, -0.05) is 19.8 Å². The lowest BCUT2D eigenvalue weighted by Gasteiger charge is -2.35. The molecule has 0 aromatic heterocycles. The Balaban J connectivity index is 2.11. The minimum Gasteiger partial charge on any atom is -0.380 e. The van der Waals surface area contributed by atoms with Crippen molar-refractivity contribution >= 4 is 0 Å². The SMILES string of the molecule is CCCCOCCN1CCCCC1CNC. The van der Waals surface area contributed by atoms with E-state index in [4.69, 9.17) is 4.74 Å². The molecule has 3 nitrogen and oxygen atoms in total. The molecule has 1 heterocycles. The van der Waals surface area contributed by atoms with Gasteiger partial charge in [-0.25, -0.2) is 0 Å². The molecule has 0 aliphatic carbocycles. The fourth-order valence-electron chi connectivity index (χ4n) is 2.35. The number of likely N-dealkylation sites (tertiary alicyclic amines) is 1. The van der Waals surface area contributed by atoms with Gasteiger partial charge in [0.2, 0.25) is 0 Å². The average molecular weight is 228 g/mol. The first-order valence-electron chi connectivity index (χ1n) is 6.85. The zero-order chi connectivity index (χ0) is 11.6. The van der Waals surface area contributed by atoms with Crippen molar-refractivity contribution in [2.24, 2.45) is 0 Å². The maximum absolute atomic E-state index is 5.64. The van der Waals surface area contributed by atoms with E-state index in [1.165, 1.54) is 38.6 Å². The summed E-state index contributed by atoms with van der Waals surface area (Å²) in [4.78, 5) is 2.59. The number of hydrogen-bond acceptors (Lipinski definition) is 3. The lowest BCUT2D eigenvalue weighted by Crippen LogP contribution is -2.46. The first kappa shape index (κ1) is 13.9. The zero-order valence-electron chi connectivity index (χ0n) is 11.0. The third-order valence-electron chi connectivity index (χ3n) is 3.35. The minimum absolute atomic E-state index is 0.730. The summed E-state index contributed by atoms with van der Waals surface area (Å²) in [6.45, 7) is 7.52. The molecule has 1 aliphatic rings. The van der Waals surface area contributed by atoms with E-state index in [0.29, 0.717) is 0 Å². The Morgan fingerprint density at radius 3 is 2.94 bits per heavy atom. The van der Waals surface area contributed by atoms with Crippen molar-refractivity contribution in [3.05, 3.63) is 0 Å². The van der Waals surface area contributed by atoms with Gasteiger partial charge in [-0.2, -0.15) is 0 Å². The highest BCUT2D eigenvalue weighted by Crippen LogP contribution is 2.15. The van der Waals surface area contributed by atoms with Gasteiger partial charge >= 0.3 is 0 Å². The van der Waals surface area contributed by atoms with Crippen molar-refractivity contribution in [3.8, 4) is 0 Å². The Morgan fingerprint density at radius 2 is 2.19 bits per heavy atom. The lowest BCUT2D eigenvalue weighted by molar-refractivity contribution is 0.0708. The van der Waals surface area contributed by atoms with Crippen LogP contribution < -0.4 is 5.32 Å². The molecule has 3 heteroatoms. The van der Waals surface area contributed by atoms with Crippen molar-refractivity contribution in [1.29, 1.82) is 0 Å². The fourth-order valence-corrected chi connectivity index (χ4v) is 2.35. The van der Waals surface area contributed by atoms with E-state index < -0.39 is 0 Å². The molecule has 0 amide bonds. The van der Waals surface area contributed by atoms with E-state index in [0.717, 1.165) is 32.3 Å². The molecule has 1 fully saturated rings. The first-order valence-corrected chi connectivity index (χ1v) is 6.85. The monoisotopic (exact) mass is 228 g/mol. The number of unbranched alkanes of at least 4 members (excludes halogenated alkanes) is 1. The number of nitrogens with one attached hydrogen (secondary N) is 1. The van der Waals surface area contributed by atoms with Gasteiger partial charge < -0.3 is 10.1 Å². The Hall–Kier alpha value is -0.120. The predicted octanol–water partition coefficient (Wildman–Crippen LogP) is 1.88. The van der Waals surface area contributed by atoms with E-state index in [2.05, 4.69) is 17.1 Å². The summed E-state index contributed by atoms with van der Waals surface area (Å²) < 4.78 is 5.64. The van der Waals surface area contributed by atoms with Crippen molar-refractivity contribution in [3.63, 3.8) is 0 Å². The average Bonchev–Trinajstić information content (AvgIpc) is 2.31. The first-order chi connectivity index (χ1) is 7.88. The number of hydrogen-bond donors (Lipinski definition) is 1. The molecule has 0 aromatic rings. The van der Waals surface area contributed by atoms with Crippen LogP contribution in [0.4, 0.5) is 0 Å². The van der Waals surface area contributed by atoms with Crippen LogP contribution in [0, 0.1) is 0 Å². The topological polar surface area (TPSA) is 24.5 Å². The second-order valence-corrected chi connectivity index (χ2v) is 4.71. The number of piperidine rings is 1. The summed E-state index contributed by atoms with van der Waals surface area (Å²) in [7, 11) is 2.05. The van der Waals surface area contributed by atoms with E-state index in [1.54, 1.807) is 0 Å². The highest BCUT2D eigenvalue weighted by atomic mass is 16.5. The molecular weight excluding hydrogens is 200 g/mol. The van der Waals surface area contributed by atoms with Crippen molar-refractivity contribution in [2.45, 2.75) is 45.1 Å². The summed E-state index contributed by atoms with van der Waals surface area (Å²) in [6.07, 6.45) is 6.51. The molecule has 0 bridgehead atoms. The summed E-state index contributed by atoms with van der Waals surface area (Å²) in [5.41, 5.74) is 0. The molecule has 1 rings (SSSR count). The molecule has 16 heavy (non-hydrogen) atoms. The summed E-state index contributed by atoms with van der Waals surface area (Å²) in [5, 5.41) is 3.30. The highest BCUT2D eigenvalue weighted by Gasteiger charge is 2.20. The summed E-state index contributed by atoms with van der Waals surface area (Å²) in [6, 6.07) is 0.730. The van der Waals surface area contributed by atoms with E-state index in [9.17, 15) is 0 Å². The van der Waals surface area contributed by atoms with Crippen LogP contribution in [0.25, 0.3) is 0 Å². The molecule has 1 saturated heterocycles. The largest absolute Gasteiger partial charge is 0.380 e. The third kappa shape index (κ3) is 5.28. The van der Waals surface area contributed by atoms with Crippen LogP contribution in [-0.4, -0.2) is 50.8 Å². The smallest absolute Gasteiger partial charge is 0.0593 e. The molecule has 0 spiro atoms. The van der Waals surface area contributed by atoms with Gasteiger partial charge in [0, 0.05) is 25.7 Å². The molecule has 1 N–H and O–H groups in total. The standard InChI is InChI=1S/C13H28N2O/c1-3-4-10-16-11-9-15-8-6-5-7-13(15)12-14-2/h13-14H,3-12H2,1-2H3. The molecule has 1 atom stereocenters. The van der Waals surface area contributed by atoms with Crippen LogP contribution in [0.5, 0.6) is 0 Å². The van der Waals surface area contributed by atoms with Crippen molar-refractivity contribution in [1.82, 2.24) is 10.2 Å². The Kier molecular flexibility index (Phi) is 7.81. The van der Waals surface area contributed by atoms with Gasteiger partial charge in [0.15, 0.2) is 0 Å². The Labute approximate surface area is 101 Å². The predicted molar refractivity (Wildman–Crippen MR) is 68.9 cm³/mol. The number of likely N-dealkylation sites (N-methyl/N-ethyl adjacent to an activating group) is 1. The number of nitrogens with zero attached hydrogens (tertiary/aromatic N) is 1.